The zero-order valence-corrected chi connectivity index (χ0v) is 12.9. The molecule has 0 bridgehead atoms. The molecule has 0 aliphatic carbocycles. The van der Waals surface area contributed by atoms with Crippen LogP contribution in [0.15, 0.2) is 30.6 Å². The third-order valence-corrected chi connectivity index (χ3v) is 3.13. The fraction of sp³-hybridized carbons (Fsp3) is 0.375. The van der Waals surface area contributed by atoms with Crippen LogP contribution >= 0.6 is 0 Å². The number of hydrogen-bond acceptors (Lipinski definition) is 5. The van der Waals surface area contributed by atoms with Gasteiger partial charge in [-0.2, -0.15) is 0 Å². The van der Waals surface area contributed by atoms with Crippen LogP contribution in [0.4, 0.5) is 0 Å². The predicted molar refractivity (Wildman–Crippen MR) is 82.5 cm³/mol. The van der Waals surface area contributed by atoms with Crippen molar-refractivity contribution in [1.29, 1.82) is 0 Å². The molecule has 0 spiro atoms. The van der Waals surface area contributed by atoms with Crippen LogP contribution < -0.4 is 14.8 Å². The van der Waals surface area contributed by atoms with Gasteiger partial charge in [0.15, 0.2) is 0 Å². The number of methoxy groups -OCH3 is 2. The number of ether oxygens (including phenoxy) is 2. The fourth-order valence-corrected chi connectivity index (χ4v) is 2.05. The van der Waals surface area contributed by atoms with Crippen LogP contribution in [0.25, 0.3) is 11.3 Å². The van der Waals surface area contributed by atoms with E-state index in [-0.39, 0.29) is 0 Å². The molecule has 21 heavy (non-hydrogen) atoms. The quantitative estimate of drug-likeness (QED) is 0.885. The van der Waals surface area contributed by atoms with Crippen LogP contribution in [0.5, 0.6) is 11.6 Å². The molecule has 1 heterocycles. The SMILES string of the molecule is COc1ccc(-c2nccnc2OC)c(CNC(C)C)c1. The van der Waals surface area contributed by atoms with Gasteiger partial charge in [-0.3, -0.25) is 0 Å². The lowest BCUT2D eigenvalue weighted by Gasteiger charge is -2.15. The maximum atomic E-state index is 5.31. The van der Waals surface area contributed by atoms with E-state index < -0.39 is 0 Å². The Kier molecular flexibility index (Phi) is 5.11. The Morgan fingerprint density at radius 1 is 1.10 bits per heavy atom. The van der Waals surface area contributed by atoms with Crippen LogP contribution in [0, 0.1) is 0 Å². The van der Waals surface area contributed by atoms with Gasteiger partial charge in [0.25, 0.3) is 0 Å². The lowest BCUT2D eigenvalue weighted by molar-refractivity contribution is 0.397. The van der Waals surface area contributed by atoms with E-state index in [1.165, 1.54) is 0 Å². The minimum Gasteiger partial charge on any atom is -0.497 e. The van der Waals surface area contributed by atoms with Crippen molar-refractivity contribution in [2.75, 3.05) is 14.2 Å². The zero-order chi connectivity index (χ0) is 15.2. The minimum atomic E-state index is 0.396. The summed E-state index contributed by atoms with van der Waals surface area (Å²) in [6.07, 6.45) is 3.29. The first kappa shape index (κ1) is 15.3. The first-order valence-electron chi connectivity index (χ1n) is 6.91. The average Bonchev–Trinajstić information content (AvgIpc) is 2.52. The summed E-state index contributed by atoms with van der Waals surface area (Å²) in [6.45, 7) is 4.95. The summed E-state index contributed by atoms with van der Waals surface area (Å²) in [5.41, 5.74) is 2.83. The van der Waals surface area contributed by atoms with Gasteiger partial charge in [-0.15, -0.1) is 0 Å². The van der Waals surface area contributed by atoms with Crippen LogP contribution in [0.3, 0.4) is 0 Å². The molecule has 0 atom stereocenters. The molecule has 2 rings (SSSR count). The number of hydrogen-bond donors (Lipinski definition) is 1. The summed E-state index contributed by atoms with van der Waals surface area (Å²) < 4.78 is 10.6. The lowest BCUT2D eigenvalue weighted by atomic mass is 10.0. The van der Waals surface area contributed by atoms with Gasteiger partial charge in [0, 0.05) is 30.5 Å². The Labute approximate surface area is 125 Å². The van der Waals surface area contributed by atoms with E-state index in [4.69, 9.17) is 9.47 Å². The smallest absolute Gasteiger partial charge is 0.240 e. The fourth-order valence-electron chi connectivity index (χ4n) is 2.05. The molecule has 0 radical (unpaired) electrons. The van der Waals surface area contributed by atoms with E-state index in [0.29, 0.717) is 11.9 Å². The minimum absolute atomic E-state index is 0.396. The van der Waals surface area contributed by atoms with Gasteiger partial charge in [-0.05, 0) is 23.8 Å². The van der Waals surface area contributed by atoms with Crippen molar-refractivity contribution in [2.24, 2.45) is 0 Å². The second-order valence-electron chi connectivity index (χ2n) is 4.97. The summed E-state index contributed by atoms with van der Waals surface area (Å²) in [6, 6.07) is 6.32. The molecule has 2 aromatic rings. The van der Waals surface area contributed by atoms with Crippen molar-refractivity contribution in [2.45, 2.75) is 26.4 Å². The van der Waals surface area contributed by atoms with E-state index >= 15 is 0 Å². The van der Waals surface area contributed by atoms with Gasteiger partial charge < -0.3 is 14.8 Å². The molecule has 0 aliphatic heterocycles. The Morgan fingerprint density at radius 2 is 1.86 bits per heavy atom. The monoisotopic (exact) mass is 287 g/mol. The third kappa shape index (κ3) is 3.70. The molecule has 0 fully saturated rings. The van der Waals surface area contributed by atoms with Gasteiger partial charge in [-0.1, -0.05) is 13.8 Å². The molecule has 0 amide bonds. The standard InChI is InChI=1S/C16H21N3O2/c1-11(2)19-10-12-9-13(20-3)5-6-14(12)15-16(21-4)18-8-7-17-15/h5-9,11,19H,10H2,1-4H3. The normalized spacial score (nSPS) is 10.7. The highest BCUT2D eigenvalue weighted by Crippen LogP contribution is 2.30. The Hall–Kier alpha value is -2.14. The molecule has 5 nitrogen and oxygen atoms in total. The van der Waals surface area contributed by atoms with Gasteiger partial charge in [0.1, 0.15) is 11.4 Å². The molecule has 1 aromatic carbocycles. The first-order chi connectivity index (χ1) is 10.2. The first-order valence-corrected chi connectivity index (χ1v) is 6.91. The molecule has 0 unspecified atom stereocenters. The number of aromatic nitrogens is 2. The Morgan fingerprint density at radius 3 is 2.52 bits per heavy atom. The van der Waals surface area contributed by atoms with Gasteiger partial charge in [0.05, 0.1) is 14.2 Å². The summed E-state index contributed by atoms with van der Waals surface area (Å²) in [7, 11) is 3.26. The van der Waals surface area contributed by atoms with E-state index in [1.807, 2.05) is 18.2 Å². The summed E-state index contributed by atoms with van der Waals surface area (Å²) >= 11 is 0. The van der Waals surface area contributed by atoms with E-state index in [1.54, 1.807) is 26.6 Å². The average molecular weight is 287 g/mol. The van der Waals surface area contributed by atoms with Gasteiger partial charge in [-0.25, -0.2) is 9.97 Å². The van der Waals surface area contributed by atoms with E-state index in [2.05, 4.69) is 29.1 Å². The second kappa shape index (κ2) is 7.04. The largest absolute Gasteiger partial charge is 0.497 e. The Balaban J connectivity index is 2.46. The number of nitrogens with one attached hydrogen (secondary N) is 1. The van der Waals surface area contributed by atoms with Gasteiger partial charge >= 0.3 is 0 Å². The van der Waals surface area contributed by atoms with Crippen molar-refractivity contribution in [1.82, 2.24) is 15.3 Å². The molecular formula is C16H21N3O2. The molecule has 0 aliphatic rings. The van der Waals surface area contributed by atoms with E-state index in [0.717, 1.165) is 29.1 Å². The van der Waals surface area contributed by atoms with Crippen LogP contribution in [-0.4, -0.2) is 30.2 Å². The summed E-state index contributed by atoms with van der Waals surface area (Å²) in [4.78, 5) is 8.62. The third-order valence-electron chi connectivity index (χ3n) is 3.13. The maximum Gasteiger partial charge on any atom is 0.240 e. The van der Waals surface area contributed by atoms with E-state index in [9.17, 15) is 0 Å². The molecular weight excluding hydrogens is 266 g/mol. The molecule has 1 N–H and O–H groups in total. The Bertz CT molecular complexity index is 600. The molecule has 0 saturated heterocycles. The van der Waals surface area contributed by atoms with Crippen molar-refractivity contribution < 1.29 is 9.47 Å². The molecule has 5 heteroatoms. The predicted octanol–water partition coefficient (Wildman–Crippen LogP) is 2.66. The van der Waals surface area contributed by atoms with Crippen LogP contribution in [0.2, 0.25) is 0 Å². The number of rotatable bonds is 6. The lowest BCUT2D eigenvalue weighted by Crippen LogP contribution is -2.22. The summed E-state index contributed by atoms with van der Waals surface area (Å²) in [5, 5.41) is 3.42. The maximum absolute atomic E-state index is 5.31. The van der Waals surface area contributed by atoms with Crippen molar-refractivity contribution in [3.8, 4) is 22.9 Å². The highest BCUT2D eigenvalue weighted by molar-refractivity contribution is 5.69. The zero-order valence-electron chi connectivity index (χ0n) is 12.9. The highest BCUT2D eigenvalue weighted by atomic mass is 16.5. The van der Waals surface area contributed by atoms with Gasteiger partial charge in [0.2, 0.25) is 5.88 Å². The second-order valence-corrected chi connectivity index (χ2v) is 4.97. The summed E-state index contributed by atoms with van der Waals surface area (Å²) in [5.74, 6) is 1.34. The molecule has 112 valence electrons. The van der Waals surface area contributed by atoms with Crippen molar-refractivity contribution >= 4 is 0 Å². The van der Waals surface area contributed by atoms with Crippen molar-refractivity contribution in [3.63, 3.8) is 0 Å². The van der Waals surface area contributed by atoms with Crippen molar-refractivity contribution in [3.05, 3.63) is 36.2 Å². The number of nitrogens with zero attached hydrogens (tertiary/aromatic N) is 2. The molecule has 1 aromatic heterocycles. The molecule has 0 saturated carbocycles. The van der Waals surface area contributed by atoms with Crippen LogP contribution in [0.1, 0.15) is 19.4 Å². The highest BCUT2D eigenvalue weighted by Gasteiger charge is 2.13. The topological polar surface area (TPSA) is 56.3 Å². The van der Waals surface area contributed by atoms with Crippen LogP contribution in [-0.2, 0) is 6.54 Å². The number of benzene rings is 1.